The molecule has 0 aliphatic heterocycles. The molecule has 0 fully saturated rings. The first-order valence-electron chi connectivity index (χ1n) is 4.62. The largest absolute Gasteiger partial charge is 0.395 e. The lowest BCUT2D eigenvalue weighted by Gasteiger charge is -2.21. The van der Waals surface area contributed by atoms with Crippen LogP contribution in [-0.2, 0) is 0 Å². The van der Waals surface area contributed by atoms with Crippen LogP contribution in [0.5, 0.6) is 0 Å². The highest BCUT2D eigenvalue weighted by Gasteiger charge is 2.06. The van der Waals surface area contributed by atoms with Crippen molar-refractivity contribution in [2.24, 2.45) is 0 Å². The molecule has 0 aliphatic carbocycles. The SMILES string of the molecule is CCN(CCO)c1ccc([N+]#N)cc1. The van der Waals surface area contributed by atoms with Crippen LogP contribution in [0.4, 0.5) is 11.4 Å². The van der Waals surface area contributed by atoms with Gasteiger partial charge in [-0.25, -0.2) is 0 Å². The molecule has 0 radical (unpaired) electrons. The molecule has 0 saturated heterocycles. The van der Waals surface area contributed by atoms with E-state index < -0.39 is 0 Å². The van der Waals surface area contributed by atoms with E-state index in [1.807, 2.05) is 24.0 Å². The first-order valence-corrected chi connectivity index (χ1v) is 4.62. The fourth-order valence-electron chi connectivity index (χ4n) is 1.32. The molecule has 0 spiro atoms. The van der Waals surface area contributed by atoms with Gasteiger partial charge in [-0.2, -0.15) is 0 Å². The lowest BCUT2D eigenvalue weighted by atomic mass is 10.2. The number of likely N-dealkylation sites (N-methyl/N-ethyl adjacent to an activating group) is 1. The molecule has 1 N–H and O–H groups in total. The van der Waals surface area contributed by atoms with Gasteiger partial charge in [0.25, 0.3) is 0 Å². The van der Waals surface area contributed by atoms with E-state index >= 15 is 0 Å². The van der Waals surface area contributed by atoms with Crippen molar-refractivity contribution < 1.29 is 5.11 Å². The first kappa shape index (κ1) is 10.5. The van der Waals surface area contributed by atoms with E-state index in [2.05, 4.69) is 4.98 Å². The number of hydrogen-bond donors (Lipinski definition) is 1. The standard InChI is InChI=1S/C10H14N3O/c1-2-13(7-8-14)10-5-3-9(12-11)4-6-10/h3-6,14H,2,7-8H2,1H3/q+1. The summed E-state index contributed by atoms with van der Waals surface area (Å²) in [4.78, 5) is 5.12. The highest BCUT2D eigenvalue weighted by molar-refractivity contribution is 5.55. The molecule has 1 aromatic carbocycles. The maximum atomic E-state index is 8.83. The van der Waals surface area contributed by atoms with Crippen molar-refractivity contribution in [3.63, 3.8) is 0 Å². The normalized spacial score (nSPS) is 9.50. The van der Waals surface area contributed by atoms with Crippen LogP contribution in [0, 0.1) is 5.39 Å². The third kappa shape index (κ3) is 2.44. The van der Waals surface area contributed by atoms with Crippen LogP contribution in [0.3, 0.4) is 0 Å². The Kier molecular flexibility index (Phi) is 3.89. The minimum atomic E-state index is 0.139. The molecule has 4 heteroatoms. The maximum absolute atomic E-state index is 8.83. The number of aliphatic hydroxyl groups is 1. The lowest BCUT2D eigenvalue weighted by molar-refractivity contribution is 0.302. The summed E-state index contributed by atoms with van der Waals surface area (Å²) in [6.07, 6.45) is 0. The monoisotopic (exact) mass is 192 g/mol. The van der Waals surface area contributed by atoms with Crippen LogP contribution in [0.25, 0.3) is 4.98 Å². The number of anilines is 1. The zero-order valence-corrected chi connectivity index (χ0v) is 8.22. The van der Waals surface area contributed by atoms with Crippen molar-refractivity contribution in [3.05, 3.63) is 29.2 Å². The van der Waals surface area contributed by atoms with Gasteiger partial charge in [0.05, 0.1) is 6.61 Å². The molecule has 4 nitrogen and oxygen atoms in total. The Labute approximate surface area is 83.4 Å². The van der Waals surface area contributed by atoms with Gasteiger partial charge in [0, 0.05) is 30.9 Å². The summed E-state index contributed by atoms with van der Waals surface area (Å²) in [7, 11) is 0. The van der Waals surface area contributed by atoms with E-state index in [0.717, 1.165) is 12.2 Å². The second-order valence-electron chi connectivity index (χ2n) is 2.92. The summed E-state index contributed by atoms with van der Waals surface area (Å²) < 4.78 is 0. The summed E-state index contributed by atoms with van der Waals surface area (Å²) in [5.74, 6) is 0. The molecule has 14 heavy (non-hydrogen) atoms. The lowest BCUT2D eigenvalue weighted by Crippen LogP contribution is -2.25. The number of diazo groups is 1. The van der Waals surface area contributed by atoms with Crippen LogP contribution >= 0.6 is 0 Å². The fourth-order valence-corrected chi connectivity index (χ4v) is 1.32. The van der Waals surface area contributed by atoms with Gasteiger partial charge in [0.2, 0.25) is 5.39 Å². The van der Waals surface area contributed by atoms with Gasteiger partial charge < -0.3 is 10.0 Å². The molecule has 0 bridgehead atoms. The molecule has 0 unspecified atom stereocenters. The third-order valence-electron chi connectivity index (χ3n) is 2.08. The molecule has 1 aromatic rings. The number of nitrogens with zero attached hydrogens (tertiary/aromatic N) is 3. The zero-order chi connectivity index (χ0) is 10.4. The van der Waals surface area contributed by atoms with Crippen LogP contribution in [0.2, 0.25) is 0 Å². The Bertz CT molecular complexity index is 315. The Hall–Kier alpha value is -1.60. The average Bonchev–Trinajstić information content (AvgIpc) is 2.26. The number of hydrogen-bond acceptors (Lipinski definition) is 3. The van der Waals surface area contributed by atoms with E-state index in [9.17, 15) is 0 Å². The third-order valence-corrected chi connectivity index (χ3v) is 2.08. The molecular formula is C10H14N3O+. The van der Waals surface area contributed by atoms with Gasteiger partial charge in [0.15, 0.2) is 4.98 Å². The Morgan fingerprint density at radius 2 is 2.00 bits per heavy atom. The topological polar surface area (TPSA) is 51.6 Å². The molecule has 0 saturated carbocycles. The van der Waals surface area contributed by atoms with Crippen LogP contribution in [-0.4, -0.2) is 24.8 Å². The van der Waals surface area contributed by atoms with Crippen LogP contribution in [0.15, 0.2) is 24.3 Å². The molecule has 1 rings (SSSR count). The van der Waals surface area contributed by atoms with Gasteiger partial charge in [-0.05, 0) is 19.1 Å². The summed E-state index contributed by atoms with van der Waals surface area (Å²) in [6.45, 7) is 3.63. The van der Waals surface area contributed by atoms with Gasteiger partial charge in [-0.15, -0.1) is 0 Å². The molecule has 0 aromatic heterocycles. The van der Waals surface area contributed by atoms with Gasteiger partial charge >= 0.3 is 5.69 Å². The second-order valence-corrected chi connectivity index (χ2v) is 2.92. The van der Waals surface area contributed by atoms with Gasteiger partial charge in [-0.1, -0.05) is 0 Å². The molecule has 0 atom stereocenters. The van der Waals surface area contributed by atoms with E-state index in [1.54, 1.807) is 12.1 Å². The van der Waals surface area contributed by atoms with Gasteiger partial charge in [0.1, 0.15) is 0 Å². The smallest absolute Gasteiger partial charge is 0.385 e. The summed E-state index contributed by atoms with van der Waals surface area (Å²) in [5, 5.41) is 17.3. The van der Waals surface area contributed by atoms with Crippen molar-refractivity contribution >= 4 is 11.4 Å². The summed E-state index contributed by atoms with van der Waals surface area (Å²) in [6, 6.07) is 7.20. The van der Waals surface area contributed by atoms with Crippen molar-refractivity contribution in [2.45, 2.75) is 6.92 Å². The first-order chi connectivity index (χ1) is 6.81. The Morgan fingerprint density at radius 1 is 1.36 bits per heavy atom. The zero-order valence-electron chi connectivity index (χ0n) is 8.22. The predicted octanol–water partition coefficient (Wildman–Crippen LogP) is 1.99. The molecular weight excluding hydrogens is 178 g/mol. The maximum Gasteiger partial charge on any atom is 0.385 e. The highest BCUT2D eigenvalue weighted by Crippen LogP contribution is 2.19. The Balaban J connectivity index is 2.79. The number of benzene rings is 1. The summed E-state index contributed by atoms with van der Waals surface area (Å²) >= 11 is 0. The van der Waals surface area contributed by atoms with E-state index in [4.69, 9.17) is 10.5 Å². The van der Waals surface area contributed by atoms with Crippen molar-refractivity contribution in [1.82, 2.24) is 0 Å². The number of rotatable bonds is 4. The molecule has 0 aliphatic rings. The quantitative estimate of drug-likeness (QED) is 0.742. The fraction of sp³-hybridized carbons (Fsp3) is 0.400. The van der Waals surface area contributed by atoms with E-state index in [1.165, 1.54) is 0 Å². The summed E-state index contributed by atoms with van der Waals surface area (Å²) in [5.41, 5.74) is 1.56. The highest BCUT2D eigenvalue weighted by atomic mass is 16.3. The van der Waals surface area contributed by atoms with Crippen molar-refractivity contribution in [3.8, 4) is 0 Å². The van der Waals surface area contributed by atoms with Crippen LogP contribution < -0.4 is 4.90 Å². The van der Waals surface area contributed by atoms with E-state index in [0.29, 0.717) is 12.2 Å². The average molecular weight is 192 g/mol. The minimum absolute atomic E-state index is 0.139. The van der Waals surface area contributed by atoms with Crippen molar-refractivity contribution in [1.29, 1.82) is 5.39 Å². The van der Waals surface area contributed by atoms with E-state index in [-0.39, 0.29) is 6.61 Å². The minimum Gasteiger partial charge on any atom is -0.395 e. The number of aliphatic hydroxyl groups excluding tert-OH is 1. The van der Waals surface area contributed by atoms with Gasteiger partial charge in [-0.3, -0.25) is 0 Å². The Morgan fingerprint density at radius 3 is 2.43 bits per heavy atom. The van der Waals surface area contributed by atoms with Crippen molar-refractivity contribution in [2.75, 3.05) is 24.6 Å². The van der Waals surface area contributed by atoms with Crippen LogP contribution in [0.1, 0.15) is 6.92 Å². The second kappa shape index (κ2) is 5.20. The molecule has 74 valence electrons. The molecule has 0 heterocycles. The predicted molar refractivity (Wildman–Crippen MR) is 56.2 cm³/mol. The molecule has 0 amide bonds.